The Kier molecular flexibility index (Phi) is 35.9. The Morgan fingerprint density at radius 1 is 0.473 bits per heavy atom. The standard InChI is InChI=1S/C25H33Cl2N5O7S.C24H32Cl2N4O7.C22H29Cl2N3O6/c1-39-25(38)32-9-8-31(21(33)11-15-4-5-16(26)17(27)10-15)20(14-30-6-2-3-7-30)19(32)13-28-24(40)29-18(23(36)37)12-22(34)35;1-36-24(35)30-12-16(11-28-6-2-3-7-28)29(21(31)9-15-4-5-18(25)19(26)8-15)13-17(30)14-37-23(34)20(27)10-22(32)33;1-32-22(31)27-11-16(10-25-6-2-3-7-25)26(12-17(27)13-33-14-21(29)30)20(28)9-15-4-5-18(23)19(24)8-15/h4-5,10,18-20H,2-3,6-9,11-14H2,1H3,(H,34,35)(H,36,37)(H2,28,29,40);4-5,8,16-17,20H,2-3,6-7,9-14,27H2,1H3,(H,32,33);4-5,8,16-17H,2-3,6-7,9-14H2,1H3,(H,29,30)/t18-,19-,20+;16-,17+,20-;16-,17+/m011/s1. The van der Waals surface area contributed by atoms with Crippen molar-refractivity contribution in [2.24, 2.45) is 5.73 Å². The van der Waals surface area contributed by atoms with Crippen molar-refractivity contribution in [1.82, 2.24) is 54.7 Å². The van der Waals surface area contributed by atoms with Crippen LogP contribution in [-0.2, 0) is 81.3 Å². The quantitative estimate of drug-likeness (QED) is 0.0274. The average molecular weight is 1680 g/mol. The molecule has 6 fully saturated rings. The van der Waals surface area contributed by atoms with Crippen LogP contribution in [-0.4, -0.2) is 330 Å². The van der Waals surface area contributed by atoms with Crippen LogP contribution in [0.25, 0.3) is 0 Å². The lowest BCUT2D eigenvalue weighted by Gasteiger charge is -2.48. The largest absolute Gasteiger partial charge is 0.481 e. The Labute approximate surface area is 672 Å². The molecule has 39 heteroatoms. The number of nitrogens with two attached hydrogens (primary N) is 1. The highest BCUT2D eigenvalue weighted by Crippen LogP contribution is 2.30. The van der Waals surface area contributed by atoms with E-state index in [4.69, 9.17) is 127 Å². The van der Waals surface area contributed by atoms with Crippen molar-refractivity contribution in [3.05, 3.63) is 101 Å². The number of methoxy groups -OCH3 is 3. The number of aliphatic carboxylic acids is 4. The zero-order valence-corrected chi connectivity index (χ0v) is 66.5. The fraction of sp³-hybridized carbons (Fsp3) is 0.577. The maximum Gasteiger partial charge on any atom is 0.409 e. The molecule has 0 aliphatic carbocycles. The number of carbonyl (C=O) groups excluding carboxylic acids is 7. The number of hydrogen-bond acceptors (Lipinski definition) is 21. The maximum atomic E-state index is 13.6. The predicted molar refractivity (Wildman–Crippen MR) is 410 cm³/mol. The number of thiocarbonyl (C=S) groups is 1. The van der Waals surface area contributed by atoms with E-state index in [1.807, 2.05) is 0 Å². The van der Waals surface area contributed by atoms with Crippen LogP contribution in [0.1, 0.15) is 68.1 Å². The first-order chi connectivity index (χ1) is 52.4. The summed E-state index contributed by atoms with van der Waals surface area (Å²) in [5, 5.41) is 43.7. The smallest absolute Gasteiger partial charge is 0.409 e. The lowest BCUT2D eigenvalue weighted by molar-refractivity contribution is -0.152. The third-order valence-corrected chi connectivity index (χ3v) is 22.0. The highest BCUT2D eigenvalue weighted by molar-refractivity contribution is 7.80. The number of nitrogens with zero attached hydrogens (tertiary/aromatic N) is 9. The third kappa shape index (κ3) is 27.1. The number of amides is 6. The zero-order valence-electron chi connectivity index (χ0n) is 61.1. The van der Waals surface area contributed by atoms with Crippen LogP contribution in [0.4, 0.5) is 14.4 Å². The number of nitrogens with one attached hydrogen (secondary N) is 2. The minimum absolute atomic E-state index is 0.0195. The second kappa shape index (κ2) is 44.1. The number of hydrogen-bond donors (Lipinski definition) is 7. The van der Waals surface area contributed by atoms with Gasteiger partial charge in [-0.2, -0.15) is 0 Å². The van der Waals surface area contributed by atoms with E-state index >= 15 is 0 Å². The minimum Gasteiger partial charge on any atom is -0.481 e. The van der Waals surface area contributed by atoms with Crippen LogP contribution >= 0.6 is 81.8 Å². The lowest BCUT2D eigenvalue weighted by atomic mass is 9.99. The molecular weight excluding hydrogens is 1590 g/mol. The van der Waals surface area contributed by atoms with Gasteiger partial charge in [0.05, 0.1) is 126 Å². The molecule has 6 amide bonds. The number of esters is 1. The Morgan fingerprint density at radius 2 is 0.855 bits per heavy atom. The van der Waals surface area contributed by atoms with Crippen molar-refractivity contribution in [3.63, 3.8) is 0 Å². The molecule has 0 unspecified atom stereocenters. The summed E-state index contributed by atoms with van der Waals surface area (Å²) in [5.41, 5.74) is 7.73. The van der Waals surface area contributed by atoms with E-state index in [1.165, 1.54) is 36.0 Å². The van der Waals surface area contributed by atoms with Gasteiger partial charge < -0.3 is 89.9 Å². The molecule has 8 N–H and O–H groups in total. The first-order valence-corrected chi connectivity index (χ1v) is 38.4. The van der Waals surface area contributed by atoms with Crippen molar-refractivity contribution in [2.75, 3.05) is 146 Å². The van der Waals surface area contributed by atoms with Crippen molar-refractivity contribution in [3.8, 4) is 0 Å². The summed E-state index contributed by atoms with van der Waals surface area (Å²) < 4.78 is 25.5. The first kappa shape index (κ1) is 89.7. The summed E-state index contributed by atoms with van der Waals surface area (Å²) in [5.74, 6) is -6.33. The molecule has 0 spiro atoms. The van der Waals surface area contributed by atoms with Crippen molar-refractivity contribution in [2.45, 2.75) is 119 Å². The van der Waals surface area contributed by atoms with Crippen LogP contribution in [0.15, 0.2) is 54.6 Å². The zero-order chi connectivity index (χ0) is 80.5. The number of halogens is 6. The van der Waals surface area contributed by atoms with Crippen LogP contribution in [0.3, 0.4) is 0 Å². The van der Waals surface area contributed by atoms with Gasteiger partial charge in [0.15, 0.2) is 5.11 Å². The van der Waals surface area contributed by atoms with E-state index in [0.717, 1.165) is 83.4 Å². The number of carbonyl (C=O) groups is 11. The molecule has 6 aliphatic heterocycles. The molecule has 9 rings (SSSR count). The maximum absolute atomic E-state index is 13.6. The highest BCUT2D eigenvalue weighted by atomic mass is 35.5. The van der Waals surface area contributed by atoms with Crippen LogP contribution < -0.4 is 16.4 Å². The summed E-state index contributed by atoms with van der Waals surface area (Å²) in [6, 6.07) is 9.56. The van der Waals surface area contributed by atoms with Crippen LogP contribution in [0.5, 0.6) is 0 Å². The van der Waals surface area contributed by atoms with Gasteiger partial charge in [0, 0.05) is 65.4 Å². The molecule has 0 saturated carbocycles. The molecule has 0 aromatic heterocycles. The topological polar surface area (TPSA) is 394 Å². The van der Waals surface area contributed by atoms with Crippen molar-refractivity contribution >= 4 is 153 Å². The first-order valence-electron chi connectivity index (χ1n) is 35.7. The second-order valence-corrected chi connectivity index (χ2v) is 30.1. The molecule has 0 bridgehead atoms. The van der Waals surface area contributed by atoms with Crippen molar-refractivity contribution in [1.29, 1.82) is 0 Å². The number of piperazine rings is 3. The van der Waals surface area contributed by atoms with Gasteiger partial charge in [-0.3, -0.25) is 43.5 Å². The predicted octanol–water partition coefficient (Wildman–Crippen LogP) is 5.68. The van der Waals surface area contributed by atoms with E-state index in [0.29, 0.717) is 60.9 Å². The fourth-order valence-electron chi connectivity index (χ4n) is 14.0. The van der Waals surface area contributed by atoms with Crippen LogP contribution in [0.2, 0.25) is 30.1 Å². The molecule has 3 aromatic rings. The van der Waals surface area contributed by atoms with Gasteiger partial charge in [0.1, 0.15) is 25.3 Å². The Morgan fingerprint density at radius 3 is 1.25 bits per heavy atom. The second-order valence-electron chi connectivity index (χ2n) is 27.2. The Hall–Kier alpha value is -7.54. The van der Waals surface area contributed by atoms with Gasteiger partial charge >= 0.3 is 48.1 Å². The van der Waals surface area contributed by atoms with Crippen molar-refractivity contribution < 1.29 is 96.9 Å². The summed E-state index contributed by atoms with van der Waals surface area (Å²) in [6.07, 6.45) is 3.73. The molecule has 110 heavy (non-hydrogen) atoms. The average Bonchev–Trinajstić information content (AvgIpc) is 1.05. The molecular formula is C71H94Cl6N12O20S. The van der Waals surface area contributed by atoms with Gasteiger partial charge in [0.25, 0.3) is 0 Å². The summed E-state index contributed by atoms with van der Waals surface area (Å²) in [6.45, 7) is 7.72. The van der Waals surface area contributed by atoms with Gasteiger partial charge in [0.2, 0.25) is 17.7 Å². The SMILES string of the molecule is COC(=O)N1CCN(C(=O)Cc2ccc(Cl)c(Cl)c2)[C@H](CN2CCCC2)[C@@H]1CNC(=S)N[C@@H](CC(=O)O)C(=O)O.COC(=O)N1C[C@@H](CN2CCCC2)N(C(=O)Cc2ccc(Cl)c(Cl)c2)C[C@H]1COC(=O)[C@H](N)CC(=O)O.COC(=O)N1C[C@@H](CN2CCCC2)N(C(=O)Cc2ccc(Cl)c(Cl)c2)C[C@H]1COCC(=O)O. The number of carboxylic acid groups (broad SMARTS) is 4. The van der Waals surface area contributed by atoms with E-state index in [-0.39, 0.29) is 113 Å². The number of benzene rings is 3. The lowest BCUT2D eigenvalue weighted by Crippen LogP contribution is -2.68. The molecule has 32 nitrogen and oxygen atoms in total. The molecule has 6 aliphatic rings. The summed E-state index contributed by atoms with van der Waals surface area (Å²) >= 11 is 41.7. The van der Waals surface area contributed by atoms with Gasteiger partial charge in [-0.05, 0) is 143 Å². The van der Waals surface area contributed by atoms with Gasteiger partial charge in [-0.15, -0.1) is 0 Å². The molecule has 6 heterocycles. The normalized spacial score (nSPS) is 20.7. The summed E-state index contributed by atoms with van der Waals surface area (Å²) in [7, 11) is 3.83. The monoisotopic (exact) mass is 1680 g/mol. The van der Waals surface area contributed by atoms with E-state index in [1.54, 1.807) is 69.3 Å². The number of ether oxygens (including phenoxy) is 5. The molecule has 606 valence electrons. The third-order valence-electron chi connectivity index (χ3n) is 19.5. The Balaban J connectivity index is 0.000000230. The molecule has 3 aromatic carbocycles. The number of rotatable bonds is 27. The highest BCUT2D eigenvalue weighted by Gasteiger charge is 2.45. The fourth-order valence-corrected chi connectivity index (χ4v) is 15.2. The number of likely N-dealkylation sites (tertiary alicyclic amines) is 3. The molecule has 6 saturated heterocycles. The minimum atomic E-state index is -1.44. The van der Waals surface area contributed by atoms with Gasteiger partial charge in [-0.1, -0.05) is 87.8 Å². The van der Waals surface area contributed by atoms with Gasteiger partial charge in [-0.25, -0.2) is 24.0 Å². The van der Waals surface area contributed by atoms with E-state index in [2.05, 4.69) is 25.3 Å². The Bertz CT molecular complexity index is 3730. The molecule has 0 radical (unpaired) electrons. The van der Waals surface area contributed by atoms with Crippen LogP contribution in [0, 0.1) is 0 Å². The molecule has 8 atom stereocenters. The van der Waals surface area contributed by atoms with E-state index in [9.17, 15) is 57.8 Å². The summed E-state index contributed by atoms with van der Waals surface area (Å²) in [4.78, 5) is 151. The van der Waals surface area contributed by atoms with E-state index < -0.39 is 104 Å². The number of carboxylic acids is 4.